The number of carboxylic acids is 1. The number of carbonyl (C=O) groups is 2. The Balaban J connectivity index is 2.29. The van der Waals surface area contributed by atoms with Crippen molar-refractivity contribution in [1.29, 1.82) is 0 Å². The fraction of sp³-hybridized carbons (Fsp3) is 0.857. The second-order valence-electron chi connectivity index (χ2n) is 5.31. The van der Waals surface area contributed by atoms with Gasteiger partial charge in [-0.3, -0.25) is 0 Å². The first kappa shape index (κ1) is 17.1. The van der Waals surface area contributed by atoms with Crippen molar-refractivity contribution in [3.05, 3.63) is 0 Å². The summed E-state index contributed by atoms with van der Waals surface area (Å²) in [7, 11) is 0. The number of unbranched alkanes of at least 4 members (excludes halogenated alkanes) is 1. The maximum absolute atomic E-state index is 11.7. The maximum atomic E-state index is 11.7. The van der Waals surface area contributed by atoms with Gasteiger partial charge in [0.2, 0.25) is 0 Å². The Kier molecular flexibility index (Phi) is 8.49. The van der Waals surface area contributed by atoms with Crippen LogP contribution < -0.4 is 10.6 Å². The Hall–Kier alpha value is -0.910. The number of rotatable bonds is 8. The molecule has 0 saturated heterocycles. The first-order valence-electron chi connectivity index (χ1n) is 7.41. The highest BCUT2D eigenvalue weighted by Gasteiger charge is 2.30. The molecule has 1 atom stereocenters. The minimum Gasteiger partial charge on any atom is -0.480 e. The highest BCUT2D eigenvalue weighted by atomic mass is 32.2. The van der Waals surface area contributed by atoms with E-state index in [1.165, 1.54) is 6.42 Å². The fourth-order valence-corrected chi connectivity index (χ4v) is 3.11. The molecule has 0 aromatic carbocycles. The van der Waals surface area contributed by atoms with Crippen molar-refractivity contribution in [1.82, 2.24) is 10.6 Å². The lowest BCUT2D eigenvalue weighted by Gasteiger charge is -2.28. The van der Waals surface area contributed by atoms with Crippen LogP contribution in [-0.2, 0) is 4.79 Å². The van der Waals surface area contributed by atoms with Crippen LogP contribution in [0.4, 0.5) is 4.79 Å². The molecule has 116 valence electrons. The van der Waals surface area contributed by atoms with Gasteiger partial charge < -0.3 is 15.7 Å². The molecule has 0 aliphatic heterocycles. The van der Waals surface area contributed by atoms with E-state index < -0.39 is 12.0 Å². The maximum Gasteiger partial charge on any atom is 0.326 e. The third-order valence-electron chi connectivity index (χ3n) is 3.73. The number of amides is 2. The molecule has 0 aromatic heterocycles. The quantitative estimate of drug-likeness (QED) is 0.602. The van der Waals surface area contributed by atoms with Gasteiger partial charge in [-0.05, 0) is 43.6 Å². The summed E-state index contributed by atoms with van der Waals surface area (Å²) in [6.45, 7) is 0.601. The largest absolute Gasteiger partial charge is 0.480 e. The minimum atomic E-state index is -0.922. The van der Waals surface area contributed by atoms with E-state index in [9.17, 15) is 14.7 Å². The number of thioether (sulfide) groups is 1. The Labute approximate surface area is 125 Å². The van der Waals surface area contributed by atoms with Gasteiger partial charge in [0.15, 0.2) is 0 Å². The van der Waals surface area contributed by atoms with E-state index in [1.54, 1.807) is 11.8 Å². The lowest BCUT2D eigenvalue weighted by Crippen LogP contribution is -2.50. The molecule has 0 heterocycles. The molecule has 1 saturated carbocycles. The first-order valence-corrected chi connectivity index (χ1v) is 8.80. The molecule has 2 amide bonds. The van der Waals surface area contributed by atoms with Gasteiger partial charge in [-0.15, -0.1) is 0 Å². The van der Waals surface area contributed by atoms with Crippen LogP contribution in [0.5, 0.6) is 0 Å². The second kappa shape index (κ2) is 9.91. The molecule has 1 aliphatic carbocycles. The number of hydrogen-bond acceptors (Lipinski definition) is 3. The van der Waals surface area contributed by atoms with E-state index in [0.717, 1.165) is 44.3 Å². The fourth-order valence-electron chi connectivity index (χ4n) is 2.61. The molecule has 1 fully saturated rings. The Morgan fingerprint density at radius 3 is 2.55 bits per heavy atom. The predicted molar refractivity (Wildman–Crippen MR) is 82.1 cm³/mol. The zero-order valence-electron chi connectivity index (χ0n) is 12.2. The molecule has 0 radical (unpaired) electrons. The zero-order valence-corrected chi connectivity index (χ0v) is 13.0. The number of hydrogen-bond donors (Lipinski definition) is 3. The van der Waals surface area contributed by atoms with Crippen LogP contribution in [0, 0.1) is 5.92 Å². The normalized spacial score (nSPS) is 17.4. The van der Waals surface area contributed by atoms with Crippen molar-refractivity contribution in [2.75, 3.05) is 18.6 Å². The third-order valence-corrected chi connectivity index (χ3v) is 4.43. The Morgan fingerprint density at radius 2 is 1.95 bits per heavy atom. The Morgan fingerprint density at radius 1 is 1.25 bits per heavy atom. The number of nitrogens with one attached hydrogen (secondary N) is 2. The van der Waals surface area contributed by atoms with Crippen molar-refractivity contribution in [2.24, 2.45) is 5.92 Å². The van der Waals surface area contributed by atoms with Gasteiger partial charge in [-0.25, -0.2) is 9.59 Å². The number of urea groups is 1. The molecule has 3 N–H and O–H groups in total. The first-order chi connectivity index (χ1) is 9.65. The molecular weight excluding hydrogens is 276 g/mol. The highest BCUT2D eigenvalue weighted by molar-refractivity contribution is 7.98. The molecule has 1 rings (SSSR count). The van der Waals surface area contributed by atoms with Gasteiger partial charge in [0.25, 0.3) is 0 Å². The van der Waals surface area contributed by atoms with E-state index >= 15 is 0 Å². The lowest BCUT2D eigenvalue weighted by molar-refractivity contribution is -0.141. The standard InChI is InChI=1S/C14H26N2O3S/c1-20-10-6-5-9-15-14(19)16-12(13(17)18)11-7-3-2-4-8-11/h11-12H,2-10H2,1H3,(H,17,18)(H2,15,16,19). The van der Waals surface area contributed by atoms with Gasteiger partial charge >= 0.3 is 12.0 Å². The van der Waals surface area contributed by atoms with Crippen LogP contribution in [0.3, 0.4) is 0 Å². The number of carbonyl (C=O) groups excluding carboxylic acids is 1. The minimum absolute atomic E-state index is 0.0727. The second-order valence-corrected chi connectivity index (χ2v) is 6.30. The van der Waals surface area contributed by atoms with Gasteiger partial charge in [-0.1, -0.05) is 19.3 Å². The highest BCUT2D eigenvalue weighted by Crippen LogP contribution is 2.26. The Bertz CT molecular complexity index is 307. The summed E-state index contributed by atoms with van der Waals surface area (Å²) in [6, 6.07) is -1.10. The molecule has 1 unspecified atom stereocenters. The molecular formula is C14H26N2O3S. The van der Waals surface area contributed by atoms with Gasteiger partial charge in [0.05, 0.1) is 0 Å². The zero-order chi connectivity index (χ0) is 14.8. The van der Waals surface area contributed by atoms with Crippen LogP contribution >= 0.6 is 11.8 Å². The van der Waals surface area contributed by atoms with E-state index in [0.29, 0.717) is 6.54 Å². The van der Waals surface area contributed by atoms with Crippen LogP contribution in [0.1, 0.15) is 44.9 Å². The topological polar surface area (TPSA) is 78.4 Å². The van der Waals surface area contributed by atoms with E-state index in [4.69, 9.17) is 0 Å². The summed E-state index contributed by atoms with van der Waals surface area (Å²) < 4.78 is 0. The summed E-state index contributed by atoms with van der Waals surface area (Å²) in [4.78, 5) is 23.0. The molecule has 0 aromatic rings. The van der Waals surface area contributed by atoms with Gasteiger partial charge in [-0.2, -0.15) is 11.8 Å². The van der Waals surface area contributed by atoms with Crippen molar-refractivity contribution < 1.29 is 14.7 Å². The summed E-state index contributed by atoms with van der Waals surface area (Å²) in [6.07, 6.45) is 9.13. The average Bonchev–Trinajstić information content (AvgIpc) is 2.45. The van der Waals surface area contributed by atoms with Crippen molar-refractivity contribution >= 4 is 23.8 Å². The molecule has 0 spiro atoms. The number of carboxylic acid groups (broad SMARTS) is 1. The van der Waals surface area contributed by atoms with Crippen LogP contribution in [0.25, 0.3) is 0 Å². The molecule has 20 heavy (non-hydrogen) atoms. The van der Waals surface area contributed by atoms with E-state index in [2.05, 4.69) is 16.9 Å². The lowest BCUT2D eigenvalue weighted by atomic mass is 9.84. The van der Waals surface area contributed by atoms with Gasteiger partial charge in [0.1, 0.15) is 6.04 Å². The number of aliphatic carboxylic acids is 1. The van der Waals surface area contributed by atoms with Crippen LogP contribution in [-0.4, -0.2) is 41.7 Å². The SMILES string of the molecule is CSCCCCNC(=O)NC(C(=O)O)C1CCCCC1. The molecule has 6 heteroatoms. The van der Waals surface area contributed by atoms with E-state index in [1.807, 2.05) is 0 Å². The molecule has 0 bridgehead atoms. The summed E-state index contributed by atoms with van der Waals surface area (Å²) in [5.74, 6) is 0.237. The van der Waals surface area contributed by atoms with Crippen LogP contribution in [0.2, 0.25) is 0 Å². The monoisotopic (exact) mass is 302 g/mol. The summed E-state index contributed by atoms with van der Waals surface area (Å²) in [5.41, 5.74) is 0. The van der Waals surface area contributed by atoms with Crippen molar-refractivity contribution in [2.45, 2.75) is 51.0 Å². The summed E-state index contributed by atoms with van der Waals surface area (Å²) in [5, 5.41) is 14.6. The smallest absolute Gasteiger partial charge is 0.326 e. The third kappa shape index (κ3) is 6.50. The van der Waals surface area contributed by atoms with Crippen molar-refractivity contribution in [3.63, 3.8) is 0 Å². The summed E-state index contributed by atoms with van der Waals surface area (Å²) >= 11 is 1.79. The molecule has 5 nitrogen and oxygen atoms in total. The van der Waals surface area contributed by atoms with Crippen molar-refractivity contribution in [3.8, 4) is 0 Å². The van der Waals surface area contributed by atoms with Gasteiger partial charge in [0, 0.05) is 6.54 Å². The average molecular weight is 302 g/mol. The molecule has 1 aliphatic rings. The van der Waals surface area contributed by atoms with Crippen LogP contribution in [0.15, 0.2) is 0 Å². The van der Waals surface area contributed by atoms with E-state index in [-0.39, 0.29) is 11.9 Å². The predicted octanol–water partition coefficient (Wildman–Crippen LogP) is 2.46.